The highest BCUT2D eigenvalue weighted by atomic mass is 79.9. The van der Waals surface area contributed by atoms with E-state index in [0.29, 0.717) is 0 Å². The molecule has 0 aliphatic heterocycles. The topological polar surface area (TPSA) is 55.4 Å². The minimum Gasteiger partial charge on any atom is -0.445 e. The van der Waals surface area contributed by atoms with Crippen LogP contribution < -0.4 is 5.32 Å². The molecule has 1 N–H and O–H groups in total. The fraction of sp³-hybridized carbons (Fsp3) is 0.381. The number of nitrogens with one attached hydrogen (secondary N) is 1. The van der Waals surface area contributed by atoms with Crippen molar-refractivity contribution in [2.75, 3.05) is 0 Å². The van der Waals surface area contributed by atoms with E-state index in [-0.39, 0.29) is 17.1 Å². The molecule has 0 heterocycles. The van der Waals surface area contributed by atoms with Crippen molar-refractivity contribution in [3.05, 3.63) is 70.2 Å². The zero-order chi connectivity index (χ0) is 21.4. The van der Waals surface area contributed by atoms with Gasteiger partial charge in [-0.15, -0.1) is 0 Å². The van der Waals surface area contributed by atoms with Crippen LogP contribution in [-0.4, -0.2) is 16.6 Å². The Labute approximate surface area is 189 Å². The summed E-state index contributed by atoms with van der Waals surface area (Å²) in [4.78, 5) is 12.6. The lowest BCUT2D eigenvalue weighted by atomic mass is 10.2. The van der Waals surface area contributed by atoms with Crippen molar-refractivity contribution in [3.63, 3.8) is 0 Å². The Hall–Kier alpha value is -0.880. The van der Waals surface area contributed by atoms with E-state index in [1.807, 2.05) is 82.3 Å². The molecule has 158 valence electrons. The van der Waals surface area contributed by atoms with E-state index < -0.39 is 17.4 Å². The Morgan fingerprint density at radius 1 is 1.00 bits per heavy atom. The molecule has 2 aromatic rings. The SMILES string of the molecule is CC(C)SP(=O)(SC(C)C)C(NC(=O)OCc1ccccc1)c1ccc(Br)cc1. The monoisotopic (exact) mass is 515 g/mol. The van der Waals surface area contributed by atoms with Crippen molar-refractivity contribution >= 4 is 50.3 Å². The van der Waals surface area contributed by atoms with Crippen molar-refractivity contribution in [3.8, 4) is 0 Å². The van der Waals surface area contributed by atoms with Crippen LogP contribution in [0.1, 0.15) is 44.6 Å². The third-order valence-corrected chi connectivity index (χ3v) is 13.8. The normalized spacial score (nSPS) is 12.8. The molecule has 1 unspecified atom stereocenters. The molecule has 0 aliphatic carbocycles. The highest BCUT2D eigenvalue weighted by Gasteiger charge is 2.39. The van der Waals surface area contributed by atoms with Gasteiger partial charge >= 0.3 is 6.09 Å². The number of carbonyl (C=O) groups excluding carboxylic acids is 1. The summed E-state index contributed by atoms with van der Waals surface area (Å²) >= 11 is 6.30. The molecule has 1 atom stereocenters. The van der Waals surface area contributed by atoms with Gasteiger partial charge in [0.2, 0.25) is 5.55 Å². The molecule has 0 saturated heterocycles. The van der Waals surface area contributed by atoms with Gasteiger partial charge in [0, 0.05) is 15.0 Å². The number of rotatable bonds is 9. The van der Waals surface area contributed by atoms with Gasteiger partial charge in [0.15, 0.2) is 0 Å². The van der Waals surface area contributed by atoms with Gasteiger partial charge in [-0.3, -0.25) is 4.57 Å². The smallest absolute Gasteiger partial charge is 0.408 e. The molecule has 0 aromatic heterocycles. The number of benzene rings is 2. The molecule has 0 spiro atoms. The van der Waals surface area contributed by atoms with Crippen LogP contribution in [0.3, 0.4) is 0 Å². The summed E-state index contributed by atoms with van der Waals surface area (Å²) in [5.74, 6) is -0.640. The van der Waals surface area contributed by atoms with Crippen LogP contribution in [-0.2, 0) is 15.9 Å². The van der Waals surface area contributed by atoms with Gasteiger partial charge in [-0.2, -0.15) is 0 Å². The molecule has 2 aromatic carbocycles. The van der Waals surface area contributed by atoms with Crippen LogP contribution in [0.4, 0.5) is 4.79 Å². The number of ether oxygens (including phenoxy) is 1. The summed E-state index contributed by atoms with van der Waals surface area (Å²) in [7, 11) is 0. The lowest BCUT2D eigenvalue weighted by molar-refractivity contribution is 0.138. The van der Waals surface area contributed by atoms with Crippen LogP contribution in [0.5, 0.6) is 0 Å². The second kappa shape index (κ2) is 11.5. The van der Waals surface area contributed by atoms with Crippen LogP contribution >= 0.6 is 44.2 Å². The summed E-state index contributed by atoms with van der Waals surface area (Å²) < 4.78 is 20.4. The maximum atomic E-state index is 14.1. The molecule has 8 heteroatoms. The fourth-order valence-electron chi connectivity index (χ4n) is 2.60. The third kappa shape index (κ3) is 8.05. The van der Waals surface area contributed by atoms with Gasteiger partial charge in [0.25, 0.3) is 0 Å². The first-order valence-electron chi connectivity index (χ1n) is 9.39. The minimum absolute atomic E-state index is 0.159. The predicted octanol–water partition coefficient (Wildman–Crippen LogP) is 7.85. The van der Waals surface area contributed by atoms with Gasteiger partial charge in [-0.05, 0) is 23.3 Å². The average molecular weight is 516 g/mol. The highest BCUT2D eigenvalue weighted by molar-refractivity contribution is 9.10. The van der Waals surface area contributed by atoms with Crippen LogP contribution in [0.15, 0.2) is 59.1 Å². The Morgan fingerprint density at radius 3 is 2.07 bits per heavy atom. The molecule has 0 saturated carbocycles. The quantitative estimate of drug-likeness (QED) is 0.344. The maximum Gasteiger partial charge on any atom is 0.408 e. The molecular weight excluding hydrogens is 489 g/mol. The van der Waals surface area contributed by atoms with Gasteiger partial charge in [-0.1, -0.05) is 109 Å². The minimum atomic E-state index is -2.92. The standard InChI is InChI=1S/C21H27BrNO3PS2/c1-15(2)28-27(25,29-16(3)4)20(18-10-12-19(22)13-11-18)23-21(24)26-14-17-8-6-5-7-9-17/h5-13,15-16,20H,14H2,1-4H3,(H,23,24). The number of halogens is 1. The van der Waals surface area contributed by atoms with Crippen LogP contribution in [0, 0.1) is 0 Å². The van der Waals surface area contributed by atoms with Crippen LogP contribution in [0.2, 0.25) is 0 Å². The van der Waals surface area contributed by atoms with Crippen molar-refractivity contribution in [1.82, 2.24) is 5.32 Å². The summed E-state index contributed by atoms with van der Waals surface area (Å²) in [5, 5.41) is 3.21. The molecule has 29 heavy (non-hydrogen) atoms. The van der Waals surface area contributed by atoms with E-state index in [0.717, 1.165) is 15.6 Å². The van der Waals surface area contributed by atoms with E-state index in [4.69, 9.17) is 4.74 Å². The number of hydrogen-bond donors (Lipinski definition) is 1. The Balaban J connectivity index is 2.26. The van der Waals surface area contributed by atoms with Gasteiger partial charge < -0.3 is 10.1 Å². The van der Waals surface area contributed by atoms with E-state index in [2.05, 4.69) is 21.2 Å². The fourth-order valence-corrected chi connectivity index (χ4v) is 14.1. The summed E-state index contributed by atoms with van der Waals surface area (Å²) in [6.45, 7) is 8.24. The first kappa shape index (κ1) is 24.4. The number of carbonyl (C=O) groups is 1. The van der Waals surface area contributed by atoms with E-state index in [1.54, 1.807) is 0 Å². The summed E-state index contributed by atoms with van der Waals surface area (Å²) in [6, 6.07) is 17.1. The van der Waals surface area contributed by atoms with Crippen molar-refractivity contribution in [1.29, 1.82) is 0 Å². The Morgan fingerprint density at radius 2 is 1.55 bits per heavy atom. The largest absolute Gasteiger partial charge is 0.445 e. The first-order valence-corrected chi connectivity index (χ1v) is 14.9. The molecule has 0 bridgehead atoms. The zero-order valence-electron chi connectivity index (χ0n) is 17.0. The predicted molar refractivity (Wildman–Crippen MR) is 130 cm³/mol. The molecular formula is C21H27BrNO3PS2. The van der Waals surface area contributed by atoms with E-state index in [9.17, 15) is 9.36 Å². The second-order valence-electron chi connectivity index (χ2n) is 7.01. The summed E-state index contributed by atoms with van der Waals surface area (Å²) in [5.41, 5.74) is -1.22. The Bertz CT molecular complexity index is 818. The molecule has 0 fully saturated rings. The molecule has 0 aliphatic rings. The summed E-state index contributed by atoms with van der Waals surface area (Å²) in [6.07, 6.45) is -0.573. The van der Waals surface area contributed by atoms with E-state index >= 15 is 0 Å². The lowest BCUT2D eigenvalue weighted by Gasteiger charge is -2.30. The van der Waals surface area contributed by atoms with Gasteiger partial charge in [0.05, 0.1) is 0 Å². The number of alkyl carbamates (subject to hydrolysis) is 1. The second-order valence-corrected chi connectivity index (χ2v) is 17.0. The highest BCUT2D eigenvalue weighted by Crippen LogP contribution is 2.78. The molecule has 4 nitrogen and oxygen atoms in total. The van der Waals surface area contributed by atoms with Crippen molar-refractivity contribution in [2.24, 2.45) is 0 Å². The van der Waals surface area contributed by atoms with Gasteiger partial charge in [-0.25, -0.2) is 4.79 Å². The van der Waals surface area contributed by atoms with Crippen molar-refractivity contribution < 1.29 is 14.1 Å². The number of amides is 1. The molecule has 0 radical (unpaired) electrons. The molecule has 1 amide bonds. The van der Waals surface area contributed by atoms with Crippen molar-refractivity contribution in [2.45, 2.75) is 50.6 Å². The average Bonchev–Trinajstić information content (AvgIpc) is 2.65. The Kier molecular flexibility index (Phi) is 9.67. The number of hydrogen-bond acceptors (Lipinski definition) is 5. The zero-order valence-corrected chi connectivity index (χ0v) is 21.1. The lowest BCUT2D eigenvalue weighted by Crippen LogP contribution is -2.28. The maximum absolute atomic E-state index is 14.1. The van der Waals surface area contributed by atoms with E-state index in [1.165, 1.54) is 22.8 Å². The first-order chi connectivity index (χ1) is 13.7. The van der Waals surface area contributed by atoms with Gasteiger partial charge in [0.1, 0.15) is 12.4 Å². The van der Waals surface area contributed by atoms with Crippen LogP contribution in [0.25, 0.3) is 0 Å². The third-order valence-electron chi connectivity index (χ3n) is 3.68. The molecule has 2 rings (SSSR count).